The third kappa shape index (κ3) is 2.60. The zero-order valence-electron chi connectivity index (χ0n) is 13.1. The van der Waals surface area contributed by atoms with Crippen LogP contribution in [-0.4, -0.2) is 26.1 Å². The molecule has 6 heteroatoms. The van der Waals surface area contributed by atoms with Gasteiger partial charge in [-0.3, -0.25) is 0 Å². The van der Waals surface area contributed by atoms with E-state index in [1.165, 1.54) is 19.2 Å². The van der Waals surface area contributed by atoms with Gasteiger partial charge in [-0.05, 0) is 49.9 Å². The first kappa shape index (κ1) is 14.0. The van der Waals surface area contributed by atoms with Crippen LogP contribution in [0.25, 0.3) is 22.6 Å². The lowest BCUT2D eigenvalue weighted by Crippen LogP contribution is -2.04. The van der Waals surface area contributed by atoms with Crippen LogP contribution in [0.1, 0.15) is 19.8 Å². The predicted molar refractivity (Wildman–Crippen MR) is 89.1 cm³/mol. The standard InChI is InChI=1S/C17H19N5O/c1-2-23-13-7-5-12(6-8-13)16-21-14-15(18)19-10-20-17(14)22(16)9-11-3-4-11/h5-8,10-11H,2-4,9H2,1H3,(H2,18,19,20). The second kappa shape index (κ2) is 5.53. The first-order valence-corrected chi connectivity index (χ1v) is 7.96. The molecule has 0 unspecified atom stereocenters. The van der Waals surface area contributed by atoms with E-state index in [-0.39, 0.29) is 0 Å². The molecule has 2 aromatic heterocycles. The number of nitrogens with two attached hydrogens (primary N) is 1. The van der Waals surface area contributed by atoms with E-state index in [1.54, 1.807) is 0 Å². The van der Waals surface area contributed by atoms with E-state index >= 15 is 0 Å². The Morgan fingerprint density at radius 1 is 1.22 bits per heavy atom. The summed E-state index contributed by atoms with van der Waals surface area (Å²) in [7, 11) is 0. The molecule has 0 bridgehead atoms. The van der Waals surface area contributed by atoms with Gasteiger partial charge in [0.25, 0.3) is 0 Å². The zero-order chi connectivity index (χ0) is 15.8. The molecule has 1 aliphatic carbocycles. The molecule has 3 aromatic rings. The number of rotatable bonds is 5. The summed E-state index contributed by atoms with van der Waals surface area (Å²) in [4.78, 5) is 13.2. The van der Waals surface area contributed by atoms with E-state index in [1.807, 2.05) is 31.2 Å². The first-order valence-electron chi connectivity index (χ1n) is 7.96. The van der Waals surface area contributed by atoms with Gasteiger partial charge in [-0.15, -0.1) is 0 Å². The fourth-order valence-corrected chi connectivity index (χ4v) is 2.77. The van der Waals surface area contributed by atoms with Gasteiger partial charge >= 0.3 is 0 Å². The molecule has 1 aromatic carbocycles. The molecule has 0 atom stereocenters. The van der Waals surface area contributed by atoms with E-state index in [0.29, 0.717) is 23.9 Å². The Morgan fingerprint density at radius 2 is 2.00 bits per heavy atom. The summed E-state index contributed by atoms with van der Waals surface area (Å²) in [5.41, 5.74) is 8.50. The van der Waals surface area contributed by atoms with Crippen LogP contribution in [0.5, 0.6) is 5.75 Å². The van der Waals surface area contributed by atoms with Crippen LogP contribution < -0.4 is 10.5 Å². The van der Waals surface area contributed by atoms with Crippen molar-refractivity contribution in [3.63, 3.8) is 0 Å². The fourth-order valence-electron chi connectivity index (χ4n) is 2.77. The molecule has 1 saturated carbocycles. The molecule has 23 heavy (non-hydrogen) atoms. The quantitative estimate of drug-likeness (QED) is 0.784. The highest BCUT2D eigenvalue weighted by atomic mass is 16.5. The number of anilines is 1. The average molecular weight is 309 g/mol. The Morgan fingerprint density at radius 3 is 2.70 bits per heavy atom. The number of nitrogen functional groups attached to an aromatic ring is 1. The molecule has 118 valence electrons. The molecule has 2 N–H and O–H groups in total. The van der Waals surface area contributed by atoms with Gasteiger partial charge in [0.15, 0.2) is 17.0 Å². The smallest absolute Gasteiger partial charge is 0.165 e. The lowest BCUT2D eigenvalue weighted by molar-refractivity contribution is 0.340. The summed E-state index contributed by atoms with van der Waals surface area (Å²) < 4.78 is 7.68. The third-order valence-corrected chi connectivity index (χ3v) is 4.12. The molecule has 0 saturated heterocycles. The Hall–Kier alpha value is -2.63. The average Bonchev–Trinajstić information content (AvgIpc) is 3.30. The summed E-state index contributed by atoms with van der Waals surface area (Å²) >= 11 is 0. The fraction of sp³-hybridized carbons (Fsp3) is 0.353. The van der Waals surface area contributed by atoms with Crippen LogP contribution in [0, 0.1) is 5.92 Å². The van der Waals surface area contributed by atoms with Crippen molar-refractivity contribution < 1.29 is 4.74 Å². The number of ether oxygens (including phenoxy) is 1. The third-order valence-electron chi connectivity index (χ3n) is 4.12. The van der Waals surface area contributed by atoms with Gasteiger partial charge in [-0.2, -0.15) is 0 Å². The van der Waals surface area contributed by atoms with Crippen LogP contribution in [0.3, 0.4) is 0 Å². The maximum absolute atomic E-state index is 5.98. The Labute approximate surface area is 134 Å². The maximum Gasteiger partial charge on any atom is 0.165 e. The number of fused-ring (bicyclic) bond motifs is 1. The monoisotopic (exact) mass is 309 g/mol. The van der Waals surface area contributed by atoms with Crippen LogP contribution in [-0.2, 0) is 6.54 Å². The van der Waals surface area contributed by atoms with E-state index < -0.39 is 0 Å². The minimum atomic E-state index is 0.428. The van der Waals surface area contributed by atoms with Gasteiger partial charge in [-0.1, -0.05) is 0 Å². The van der Waals surface area contributed by atoms with Gasteiger partial charge in [0, 0.05) is 12.1 Å². The minimum Gasteiger partial charge on any atom is -0.494 e. The highest BCUT2D eigenvalue weighted by Gasteiger charge is 2.25. The Balaban J connectivity index is 1.82. The highest BCUT2D eigenvalue weighted by molar-refractivity contribution is 5.85. The molecule has 0 amide bonds. The Bertz CT molecular complexity index is 836. The molecule has 4 rings (SSSR count). The van der Waals surface area contributed by atoms with Crippen LogP contribution in [0.2, 0.25) is 0 Å². The van der Waals surface area contributed by atoms with Gasteiger partial charge in [0.1, 0.15) is 17.9 Å². The summed E-state index contributed by atoms with van der Waals surface area (Å²) in [6.07, 6.45) is 4.04. The summed E-state index contributed by atoms with van der Waals surface area (Å²) in [6.45, 7) is 3.56. The zero-order valence-corrected chi connectivity index (χ0v) is 13.1. The molecule has 1 fully saturated rings. The van der Waals surface area contributed by atoms with Crippen molar-refractivity contribution in [3.8, 4) is 17.1 Å². The summed E-state index contributed by atoms with van der Waals surface area (Å²) in [5, 5.41) is 0. The predicted octanol–water partition coefficient (Wildman–Crippen LogP) is 2.88. The molecule has 0 aliphatic heterocycles. The lowest BCUT2D eigenvalue weighted by Gasteiger charge is -2.09. The first-order chi connectivity index (χ1) is 11.3. The number of benzene rings is 1. The van der Waals surface area contributed by atoms with E-state index in [2.05, 4.69) is 14.5 Å². The van der Waals surface area contributed by atoms with E-state index in [9.17, 15) is 0 Å². The summed E-state index contributed by atoms with van der Waals surface area (Å²) in [5.74, 6) is 2.89. The van der Waals surface area contributed by atoms with Crippen LogP contribution >= 0.6 is 0 Å². The van der Waals surface area contributed by atoms with Crippen molar-refractivity contribution in [2.75, 3.05) is 12.3 Å². The molecule has 6 nitrogen and oxygen atoms in total. The van der Waals surface area contributed by atoms with Gasteiger partial charge in [0.2, 0.25) is 0 Å². The van der Waals surface area contributed by atoms with Gasteiger partial charge < -0.3 is 15.0 Å². The van der Waals surface area contributed by atoms with Crippen LogP contribution in [0.4, 0.5) is 5.82 Å². The van der Waals surface area contributed by atoms with E-state index in [4.69, 9.17) is 15.5 Å². The number of hydrogen-bond acceptors (Lipinski definition) is 5. The minimum absolute atomic E-state index is 0.428. The second-order valence-corrected chi connectivity index (χ2v) is 5.88. The molecular weight excluding hydrogens is 290 g/mol. The number of imidazole rings is 1. The van der Waals surface area contributed by atoms with Crippen molar-refractivity contribution in [3.05, 3.63) is 30.6 Å². The molecule has 1 aliphatic rings. The maximum atomic E-state index is 5.98. The molecule has 2 heterocycles. The molecule has 0 radical (unpaired) electrons. The number of aromatic nitrogens is 4. The Kier molecular flexibility index (Phi) is 3.37. The second-order valence-electron chi connectivity index (χ2n) is 5.88. The van der Waals surface area contributed by atoms with Crippen LogP contribution in [0.15, 0.2) is 30.6 Å². The highest BCUT2D eigenvalue weighted by Crippen LogP contribution is 2.35. The van der Waals surface area contributed by atoms with Crippen molar-refractivity contribution in [2.45, 2.75) is 26.3 Å². The van der Waals surface area contributed by atoms with Gasteiger partial charge in [-0.25, -0.2) is 15.0 Å². The number of nitrogens with zero attached hydrogens (tertiary/aromatic N) is 4. The molecule has 0 spiro atoms. The van der Waals surface area contributed by atoms with Crippen molar-refractivity contribution in [1.82, 2.24) is 19.5 Å². The van der Waals surface area contributed by atoms with E-state index in [0.717, 1.165) is 29.3 Å². The SMILES string of the molecule is CCOc1ccc(-c2nc3c(N)ncnc3n2CC2CC2)cc1. The lowest BCUT2D eigenvalue weighted by atomic mass is 10.2. The largest absolute Gasteiger partial charge is 0.494 e. The van der Waals surface area contributed by atoms with Crippen molar-refractivity contribution in [1.29, 1.82) is 0 Å². The van der Waals surface area contributed by atoms with Crippen molar-refractivity contribution >= 4 is 17.0 Å². The molecular formula is C17H19N5O. The topological polar surface area (TPSA) is 78.8 Å². The number of hydrogen-bond donors (Lipinski definition) is 1. The normalized spacial score (nSPS) is 14.3. The van der Waals surface area contributed by atoms with Crippen molar-refractivity contribution in [2.24, 2.45) is 5.92 Å². The van der Waals surface area contributed by atoms with Gasteiger partial charge in [0.05, 0.1) is 6.61 Å². The summed E-state index contributed by atoms with van der Waals surface area (Å²) in [6, 6.07) is 7.99.